The molecular formula is C27H25Cl2N4O2-. The molecular weight excluding hydrogens is 483 g/mol. The Labute approximate surface area is 214 Å². The summed E-state index contributed by atoms with van der Waals surface area (Å²) in [4.78, 5) is 21.7. The molecule has 35 heavy (non-hydrogen) atoms. The Morgan fingerprint density at radius 3 is 2.71 bits per heavy atom. The summed E-state index contributed by atoms with van der Waals surface area (Å²) in [6, 6.07) is 16.5. The zero-order chi connectivity index (χ0) is 24.4. The Morgan fingerprint density at radius 2 is 1.94 bits per heavy atom. The second-order valence-corrected chi connectivity index (χ2v) is 9.95. The number of hydrogen-bond acceptors (Lipinski definition) is 5. The molecule has 0 bridgehead atoms. The summed E-state index contributed by atoms with van der Waals surface area (Å²) in [7, 11) is 0. The van der Waals surface area contributed by atoms with Crippen molar-refractivity contribution in [2.24, 2.45) is 0 Å². The van der Waals surface area contributed by atoms with E-state index in [1.54, 1.807) is 24.4 Å². The molecule has 1 saturated heterocycles. The zero-order valence-electron chi connectivity index (χ0n) is 19.1. The molecule has 6 nitrogen and oxygen atoms in total. The normalized spacial score (nSPS) is 17.2. The minimum atomic E-state index is -0.124. The number of likely N-dealkylation sites (tertiary alicyclic amines) is 1. The number of carbonyl (C=O) groups excluding carboxylic acids is 1. The van der Waals surface area contributed by atoms with E-state index in [1.807, 2.05) is 52.9 Å². The summed E-state index contributed by atoms with van der Waals surface area (Å²) in [5.74, 6) is -0.0742. The van der Waals surface area contributed by atoms with Gasteiger partial charge in [0.25, 0.3) is 5.91 Å². The maximum absolute atomic E-state index is 13.4. The third kappa shape index (κ3) is 4.93. The first-order valence-corrected chi connectivity index (χ1v) is 12.3. The monoisotopic (exact) mass is 507 g/mol. The summed E-state index contributed by atoms with van der Waals surface area (Å²) in [6.07, 6.45) is 7.60. The molecule has 0 aliphatic carbocycles. The van der Waals surface area contributed by atoms with Gasteiger partial charge in [0.15, 0.2) is 0 Å². The summed E-state index contributed by atoms with van der Waals surface area (Å²) in [6.45, 7) is 3.29. The number of hydrogen-bond donors (Lipinski definition) is 1. The minimum absolute atomic E-state index is 0.0742. The van der Waals surface area contributed by atoms with Crippen LogP contribution in [0.25, 0.3) is 6.08 Å². The lowest BCUT2D eigenvalue weighted by Gasteiger charge is -2.39. The summed E-state index contributed by atoms with van der Waals surface area (Å²) >= 11 is 12.4. The number of rotatable bonds is 5. The third-order valence-corrected chi connectivity index (χ3v) is 7.43. The fourth-order valence-corrected chi connectivity index (χ4v) is 5.49. The van der Waals surface area contributed by atoms with Crippen LogP contribution < -0.4 is 10.4 Å². The lowest BCUT2D eigenvalue weighted by Crippen LogP contribution is -2.46. The van der Waals surface area contributed by atoms with Gasteiger partial charge in [0, 0.05) is 46.7 Å². The van der Waals surface area contributed by atoms with Crippen LogP contribution in [-0.2, 0) is 5.41 Å². The number of amides is 1. The molecule has 5 rings (SSSR count). The van der Waals surface area contributed by atoms with Gasteiger partial charge in [-0.05, 0) is 79.5 Å². The van der Waals surface area contributed by atoms with Crippen molar-refractivity contribution in [3.8, 4) is 0 Å². The van der Waals surface area contributed by atoms with E-state index in [2.05, 4.69) is 16.0 Å². The van der Waals surface area contributed by atoms with Crippen LogP contribution in [0.2, 0.25) is 10.2 Å². The van der Waals surface area contributed by atoms with Gasteiger partial charge in [0.2, 0.25) is 0 Å². The SMILES string of the molecule is O=C(c1ccnc(Cl)c1)N1CC2(CCN(C/C=C/c3cccc(N[O-])c3)CC2)c2cc(Cl)ccc21. The van der Waals surface area contributed by atoms with E-state index in [4.69, 9.17) is 23.2 Å². The highest BCUT2D eigenvalue weighted by Gasteiger charge is 2.46. The van der Waals surface area contributed by atoms with Crippen molar-refractivity contribution in [3.05, 3.63) is 98.9 Å². The Morgan fingerprint density at radius 1 is 1.11 bits per heavy atom. The molecule has 3 aromatic rings. The number of fused-ring (bicyclic) bond motifs is 2. The van der Waals surface area contributed by atoms with Crippen LogP contribution in [0, 0.1) is 5.21 Å². The molecule has 1 fully saturated rings. The summed E-state index contributed by atoms with van der Waals surface area (Å²) < 4.78 is 0. The van der Waals surface area contributed by atoms with Crippen molar-refractivity contribution in [2.45, 2.75) is 18.3 Å². The van der Waals surface area contributed by atoms with Gasteiger partial charge in [0.05, 0.1) is 0 Å². The molecule has 8 heteroatoms. The van der Waals surface area contributed by atoms with Crippen LogP contribution >= 0.6 is 23.2 Å². The number of pyridine rings is 1. The first-order chi connectivity index (χ1) is 17.0. The van der Waals surface area contributed by atoms with Crippen LogP contribution in [0.15, 0.2) is 66.9 Å². The molecule has 0 radical (unpaired) electrons. The molecule has 2 aliphatic heterocycles. The van der Waals surface area contributed by atoms with Gasteiger partial charge < -0.3 is 15.6 Å². The van der Waals surface area contributed by atoms with Crippen molar-refractivity contribution in [1.29, 1.82) is 0 Å². The number of anilines is 2. The largest absolute Gasteiger partial charge is 0.761 e. The van der Waals surface area contributed by atoms with E-state index in [9.17, 15) is 10.0 Å². The highest BCUT2D eigenvalue weighted by molar-refractivity contribution is 6.31. The molecule has 0 atom stereocenters. The zero-order valence-corrected chi connectivity index (χ0v) is 20.6. The van der Waals surface area contributed by atoms with E-state index in [-0.39, 0.29) is 11.3 Å². The second-order valence-electron chi connectivity index (χ2n) is 9.13. The Balaban J connectivity index is 1.30. The maximum Gasteiger partial charge on any atom is 0.258 e. The number of halogens is 2. The Bertz CT molecular complexity index is 1270. The van der Waals surface area contributed by atoms with Gasteiger partial charge in [-0.1, -0.05) is 47.5 Å². The smallest absolute Gasteiger partial charge is 0.258 e. The molecule has 1 aromatic heterocycles. The lowest BCUT2D eigenvalue weighted by molar-refractivity contribution is 0.0977. The predicted molar refractivity (Wildman–Crippen MR) is 142 cm³/mol. The topological polar surface area (TPSA) is 71.5 Å². The van der Waals surface area contributed by atoms with Gasteiger partial charge in [-0.3, -0.25) is 9.69 Å². The van der Waals surface area contributed by atoms with Crippen LogP contribution in [0.4, 0.5) is 11.4 Å². The van der Waals surface area contributed by atoms with Crippen molar-refractivity contribution in [3.63, 3.8) is 0 Å². The van der Waals surface area contributed by atoms with E-state index in [0.29, 0.717) is 28.0 Å². The van der Waals surface area contributed by atoms with Crippen LogP contribution in [0.3, 0.4) is 0 Å². The first kappa shape index (κ1) is 23.8. The van der Waals surface area contributed by atoms with E-state index >= 15 is 0 Å². The van der Waals surface area contributed by atoms with Gasteiger partial charge in [-0.15, -0.1) is 0 Å². The number of nitrogens with one attached hydrogen (secondary N) is 1. The van der Waals surface area contributed by atoms with Crippen molar-refractivity contribution >= 4 is 46.6 Å². The van der Waals surface area contributed by atoms with Gasteiger partial charge >= 0.3 is 0 Å². The summed E-state index contributed by atoms with van der Waals surface area (Å²) in [5.41, 5.74) is 5.95. The Kier molecular flexibility index (Phi) is 6.80. The van der Waals surface area contributed by atoms with Crippen molar-refractivity contribution in [2.75, 3.05) is 36.6 Å². The number of carbonyl (C=O) groups is 1. The minimum Gasteiger partial charge on any atom is -0.761 e. The van der Waals surface area contributed by atoms with E-state index in [0.717, 1.165) is 49.3 Å². The molecule has 1 spiro atoms. The first-order valence-electron chi connectivity index (χ1n) is 11.6. The second kappa shape index (κ2) is 9.99. The van der Waals surface area contributed by atoms with Crippen LogP contribution in [0.1, 0.15) is 34.3 Å². The number of benzene rings is 2. The molecule has 0 saturated carbocycles. The van der Waals surface area contributed by atoms with Gasteiger partial charge in [0.1, 0.15) is 5.15 Å². The molecule has 2 aliphatic rings. The fraction of sp³-hybridized carbons (Fsp3) is 0.259. The third-order valence-electron chi connectivity index (χ3n) is 6.99. The molecule has 0 unspecified atom stereocenters. The molecule has 1 N–H and O–H groups in total. The lowest BCUT2D eigenvalue weighted by atomic mass is 9.74. The average molecular weight is 508 g/mol. The van der Waals surface area contributed by atoms with E-state index < -0.39 is 0 Å². The van der Waals surface area contributed by atoms with Crippen LogP contribution in [0.5, 0.6) is 0 Å². The van der Waals surface area contributed by atoms with Gasteiger partial charge in [-0.2, -0.15) is 0 Å². The van der Waals surface area contributed by atoms with Gasteiger partial charge in [-0.25, -0.2) is 4.98 Å². The molecule has 2 aromatic carbocycles. The average Bonchev–Trinajstić information content (AvgIpc) is 3.18. The highest BCUT2D eigenvalue weighted by atomic mass is 35.5. The van der Waals surface area contributed by atoms with Crippen molar-refractivity contribution < 1.29 is 4.79 Å². The standard InChI is InChI=1S/C27H25Cl2N4O2/c28-21-6-7-24-23(17-21)27(18-33(24)26(34)20-8-11-30-25(29)16-20)9-13-32(14-10-27)12-2-4-19-3-1-5-22(15-19)31-35/h1-8,11,15-17,31H,9-10,12-14,18H2/q-1/b4-2+. The number of piperidine rings is 1. The molecule has 180 valence electrons. The molecule has 3 heterocycles. The molecule has 1 amide bonds. The highest BCUT2D eigenvalue weighted by Crippen LogP contribution is 2.48. The number of aromatic nitrogens is 1. The predicted octanol–water partition coefficient (Wildman–Crippen LogP) is 6.01. The fourth-order valence-electron chi connectivity index (χ4n) is 5.15. The summed E-state index contributed by atoms with van der Waals surface area (Å²) in [5, 5.41) is 11.9. The van der Waals surface area contributed by atoms with E-state index in [1.165, 1.54) is 0 Å². The Hall–Kier alpha value is -2.90. The quantitative estimate of drug-likeness (QED) is 0.338. The van der Waals surface area contributed by atoms with Crippen LogP contribution in [-0.4, -0.2) is 42.0 Å². The maximum atomic E-state index is 13.4. The number of nitrogens with zero attached hydrogens (tertiary/aromatic N) is 3. The van der Waals surface area contributed by atoms with Crippen molar-refractivity contribution in [1.82, 2.24) is 9.88 Å².